The average molecular weight is 343 g/mol. The van der Waals surface area contributed by atoms with Crippen molar-refractivity contribution in [3.05, 3.63) is 42.5 Å². The summed E-state index contributed by atoms with van der Waals surface area (Å²) in [5.74, 6) is -0.0279. The third-order valence-corrected chi connectivity index (χ3v) is 4.36. The van der Waals surface area contributed by atoms with Gasteiger partial charge in [-0.3, -0.25) is 14.4 Å². The molecule has 6 nitrogen and oxygen atoms in total. The molecule has 1 atom stereocenters. The Morgan fingerprint density at radius 1 is 1.32 bits per heavy atom. The molecule has 25 heavy (non-hydrogen) atoms. The Balaban J connectivity index is 1.87. The van der Waals surface area contributed by atoms with Crippen LogP contribution in [0.2, 0.25) is 0 Å². The van der Waals surface area contributed by atoms with Crippen molar-refractivity contribution in [3.63, 3.8) is 0 Å². The molecule has 1 saturated heterocycles. The molecular weight excluding hydrogens is 318 g/mol. The fourth-order valence-electron chi connectivity index (χ4n) is 2.99. The molecule has 1 aliphatic rings. The second-order valence-electron chi connectivity index (χ2n) is 6.30. The van der Waals surface area contributed by atoms with Crippen molar-refractivity contribution in [2.24, 2.45) is 5.92 Å². The lowest BCUT2D eigenvalue weighted by molar-refractivity contribution is -0.130. The molecule has 0 aliphatic carbocycles. The van der Waals surface area contributed by atoms with E-state index in [-0.39, 0.29) is 30.1 Å². The SMILES string of the molecule is C=CC(=O)Nc1ccccc1CC(=O)NCC1CCCN(C(C)=O)C1. The largest absolute Gasteiger partial charge is 0.355 e. The van der Waals surface area contributed by atoms with Crippen molar-refractivity contribution >= 4 is 23.4 Å². The highest BCUT2D eigenvalue weighted by Crippen LogP contribution is 2.17. The quantitative estimate of drug-likeness (QED) is 0.772. The molecule has 0 bridgehead atoms. The monoisotopic (exact) mass is 343 g/mol. The molecule has 0 radical (unpaired) electrons. The van der Waals surface area contributed by atoms with E-state index in [1.807, 2.05) is 17.0 Å². The number of anilines is 1. The van der Waals surface area contributed by atoms with Crippen molar-refractivity contribution in [1.29, 1.82) is 0 Å². The molecule has 1 aromatic rings. The highest BCUT2D eigenvalue weighted by atomic mass is 16.2. The van der Waals surface area contributed by atoms with Gasteiger partial charge >= 0.3 is 0 Å². The van der Waals surface area contributed by atoms with Crippen LogP contribution in [-0.4, -0.2) is 42.3 Å². The minimum atomic E-state index is -0.306. The van der Waals surface area contributed by atoms with Gasteiger partial charge in [-0.25, -0.2) is 0 Å². The number of rotatable bonds is 6. The van der Waals surface area contributed by atoms with Gasteiger partial charge in [-0.15, -0.1) is 0 Å². The number of nitrogens with zero attached hydrogens (tertiary/aromatic N) is 1. The van der Waals surface area contributed by atoms with E-state index >= 15 is 0 Å². The molecule has 0 aromatic heterocycles. The van der Waals surface area contributed by atoms with Crippen LogP contribution in [0.1, 0.15) is 25.3 Å². The highest BCUT2D eigenvalue weighted by molar-refractivity contribution is 5.99. The molecule has 1 unspecified atom stereocenters. The Bertz CT molecular complexity index is 657. The third kappa shape index (κ3) is 5.74. The summed E-state index contributed by atoms with van der Waals surface area (Å²) >= 11 is 0. The predicted molar refractivity (Wildman–Crippen MR) is 97.0 cm³/mol. The molecular formula is C19H25N3O3. The van der Waals surface area contributed by atoms with Crippen LogP contribution in [-0.2, 0) is 20.8 Å². The molecule has 2 rings (SSSR count). The molecule has 2 N–H and O–H groups in total. The van der Waals surface area contributed by atoms with Gasteiger partial charge in [-0.2, -0.15) is 0 Å². The average Bonchev–Trinajstić information content (AvgIpc) is 2.61. The maximum atomic E-state index is 12.3. The zero-order valence-electron chi connectivity index (χ0n) is 14.6. The second kappa shape index (κ2) is 9.01. The van der Waals surface area contributed by atoms with Crippen LogP contribution in [0.25, 0.3) is 0 Å². The Labute approximate surface area is 148 Å². The summed E-state index contributed by atoms with van der Waals surface area (Å²) in [7, 11) is 0. The number of piperidine rings is 1. The summed E-state index contributed by atoms with van der Waals surface area (Å²) in [4.78, 5) is 37.0. The molecule has 6 heteroatoms. The number of amides is 3. The van der Waals surface area contributed by atoms with Crippen molar-refractivity contribution in [3.8, 4) is 0 Å². The molecule has 1 aromatic carbocycles. The van der Waals surface area contributed by atoms with Crippen molar-refractivity contribution in [2.75, 3.05) is 25.0 Å². The first-order chi connectivity index (χ1) is 12.0. The van der Waals surface area contributed by atoms with Gasteiger partial charge in [0.05, 0.1) is 6.42 Å². The number of nitrogens with one attached hydrogen (secondary N) is 2. The molecule has 3 amide bonds. The number of carbonyl (C=O) groups is 3. The van der Waals surface area contributed by atoms with E-state index in [1.165, 1.54) is 6.08 Å². The van der Waals surface area contributed by atoms with Crippen molar-refractivity contribution in [2.45, 2.75) is 26.2 Å². The van der Waals surface area contributed by atoms with Gasteiger partial charge in [0.2, 0.25) is 17.7 Å². The zero-order chi connectivity index (χ0) is 18.2. The second-order valence-corrected chi connectivity index (χ2v) is 6.30. The smallest absolute Gasteiger partial charge is 0.247 e. The van der Waals surface area contributed by atoms with E-state index in [0.717, 1.165) is 24.9 Å². The summed E-state index contributed by atoms with van der Waals surface area (Å²) in [5.41, 5.74) is 1.37. The highest BCUT2D eigenvalue weighted by Gasteiger charge is 2.22. The van der Waals surface area contributed by atoms with Crippen LogP contribution in [0.15, 0.2) is 36.9 Å². The van der Waals surface area contributed by atoms with Crippen LogP contribution in [0.5, 0.6) is 0 Å². The zero-order valence-corrected chi connectivity index (χ0v) is 14.6. The number of carbonyl (C=O) groups excluding carboxylic acids is 3. The molecule has 134 valence electrons. The summed E-state index contributed by atoms with van der Waals surface area (Å²) in [6.45, 7) is 7.06. The first kappa shape index (κ1) is 18.7. The number of likely N-dealkylation sites (tertiary alicyclic amines) is 1. The molecule has 0 saturated carbocycles. The van der Waals surface area contributed by atoms with E-state index in [2.05, 4.69) is 17.2 Å². The van der Waals surface area contributed by atoms with Crippen LogP contribution in [0.4, 0.5) is 5.69 Å². The molecule has 1 heterocycles. The summed E-state index contributed by atoms with van der Waals surface area (Å²) in [6.07, 6.45) is 3.37. The van der Waals surface area contributed by atoms with E-state index < -0.39 is 0 Å². The number of hydrogen-bond acceptors (Lipinski definition) is 3. The normalized spacial score (nSPS) is 16.8. The fraction of sp³-hybridized carbons (Fsp3) is 0.421. The van der Waals surface area contributed by atoms with Crippen LogP contribution in [0, 0.1) is 5.92 Å². The van der Waals surface area contributed by atoms with Crippen LogP contribution >= 0.6 is 0 Å². The lowest BCUT2D eigenvalue weighted by atomic mass is 9.98. The topological polar surface area (TPSA) is 78.5 Å². The van der Waals surface area contributed by atoms with E-state index in [0.29, 0.717) is 18.8 Å². The van der Waals surface area contributed by atoms with Crippen molar-refractivity contribution < 1.29 is 14.4 Å². The Morgan fingerprint density at radius 2 is 2.08 bits per heavy atom. The minimum absolute atomic E-state index is 0.0860. The first-order valence-electron chi connectivity index (χ1n) is 8.53. The summed E-state index contributed by atoms with van der Waals surface area (Å²) < 4.78 is 0. The molecule has 1 aliphatic heterocycles. The van der Waals surface area contributed by atoms with E-state index in [4.69, 9.17) is 0 Å². The molecule has 0 spiro atoms. The predicted octanol–water partition coefficient (Wildman–Crippen LogP) is 1.73. The van der Waals surface area contributed by atoms with Gasteiger partial charge in [-0.1, -0.05) is 24.8 Å². The van der Waals surface area contributed by atoms with E-state index in [1.54, 1.807) is 19.1 Å². The van der Waals surface area contributed by atoms with Gasteiger partial charge in [-0.05, 0) is 36.5 Å². The Kier molecular flexibility index (Phi) is 6.74. The van der Waals surface area contributed by atoms with Gasteiger partial charge in [0.15, 0.2) is 0 Å². The van der Waals surface area contributed by atoms with E-state index in [9.17, 15) is 14.4 Å². The van der Waals surface area contributed by atoms with Crippen molar-refractivity contribution in [1.82, 2.24) is 10.2 Å². The Morgan fingerprint density at radius 3 is 2.80 bits per heavy atom. The van der Waals surface area contributed by atoms with Gasteiger partial charge in [0, 0.05) is 32.2 Å². The van der Waals surface area contributed by atoms with Gasteiger partial charge in [0.1, 0.15) is 0 Å². The summed E-state index contributed by atoms with van der Waals surface area (Å²) in [6, 6.07) is 7.21. The van der Waals surface area contributed by atoms with Crippen LogP contribution < -0.4 is 10.6 Å². The standard InChI is InChI=1S/C19H25N3O3/c1-3-18(24)21-17-9-5-4-8-16(17)11-19(25)20-12-15-7-6-10-22(13-15)14(2)23/h3-5,8-9,15H,1,6-7,10-13H2,2H3,(H,20,25)(H,21,24). The van der Waals surface area contributed by atoms with Gasteiger partial charge < -0.3 is 15.5 Å². The lowest BCUT2D eigenvalue weighted by Crippen LogP contribution is -2.43. The first-order valence-corrected chi connectivity index (χ1v) is 8.53. The minimum Gasteiger partial charge on any atom is -0.355 e. The number of para-hydroxylation sites is 1. The summed E-state index contributed by atoms with van der Waals surface area (Å²) in [5, 5.41) is 5.65. The Hall–Kier alpha value is -2.63. The molecule has 1 fully saturated rings. The van der Waals surface area contributed by atoms with Crippen LogP contribution in [0.3, 0.4) is 0 Å². The number of hydrogen-bond donors (Lipinski definition) is 2. The third-order valence-electron chi connectivity index (χ3n) is 4.36. The maximum absolute atomic E-state index is 12.3. The maximum Gasteiger partial charge on any atom is 0.247 e. The lowest BCUT2D eigenvalue weighted by Gasteiger charge is -2.32. The fourth-order valence-corrected chi connectivity index (χ4v) is 2.99. The van der Waals surface area contributed by atoms with Gasteiger partial charge in [0.25, 0.3) is 0 Å². The number of benzene rings is 1.